The molecule has 2 heterocycles. The third kappa shape index (κ3) is 2.54. The quantitative estimate of drug-likeness (QED) is 0.822. The molecule has 0 aliphatic rings. The van der Waals surface area contributed by atoms with Crippen molar-refractivity contribution in [3.8, 4) is 5.13 Å². The van der Waals surface area contributed by atoms with Crippen LogP contribution in [0.5, 0.6) is 0 Å². The molecule has 0 amide bonds. The van der Waals surface area contributed by atoms with Crippen molar-refractivity contribution in [1.82, 2.24) is 9.55 Å². The molecule has 90 valence electrons. The van der Waals surface area contributed by atoms with Gasteiger partial charge >= 0.3 is 5.97 Å². The van der Waals surface area contributed by atoms with Gasteiger partial charge in [0.25, 0.3) is 0 Å². The zero-order valence-electron chi connectivity index (χ0n) is 9.37. The molecule has 0 radical (unpaired) electrons. The summed E-state index contributed by atoms with van der Waals surface area (Å²) in [6.07, 6.45) is 4.07. The third-order valence-electron chi connectivity index (χ3n) is 2.39. The minimum atomic E-state index is -0.645. The molecule has 2 rings (SSSR count). The van der Waals surface area contributed by atoms with Crippen molar-refractivity contribution in [2.24, 2.45) is 5.73 Å². The van der Waals surface area contributed by atoms with Crippen LogP contribution in [0.3, 0.4) is 0 Å². The van der Waals surface area contributed by atoms with Crippen LogP contribution in [-0.4, -0.2) is 28.7 Å². The van der Waals surface area contributed by atoms with Crippen LogP contribution in [0.15, 0.2) is 29.9 Å². The van der Waals surface area contributed by atoms with Crippen molar-refractivity contribution < 1.29 is 9.53 Å². The van der Waals surface area contributed by atoms with E-state index < -0.39 is 12.0 Å². The van der Waals surface area contributed by atoms with E-state index in [4.69, 9.17) is 5.73 Å². The molecule has 0 saturated carbocycles. The lowest BCUT2D eigenvalue weighted by molar-refractivity contribution is -0.142. The molecule has 1 unspecified atom stereocenters. The van der Waals surface area contributed by atoms with Crippen LogP contribution in [0.2, 0.25) is 0 Å². The van der Waals surface area contributed by atoms with Gasteiger partial charge in [0.1, 0.15) is 6.04 Å². The summed E-state index contributed by atoms with van der Waals surface area (Å²) >= 11 is 1.53. The lowest BCUT2D eigenvalue weighted by Crippen LogP contribution is -2.34. The Hall–Kier alpha value is -1.66. The van der Waals surface area contributed by atoms with Gasteiger partial charge in [0.2, 0.25) is 0 Å². The van der Waals surface area contributed by atoms with Gasteiger partial charge in [-0.15, -0.1) is 11.3 Å². The van der Waals surface area contributed by atoms with Gasteiger partial charge in [0, 0.05) is 29.9 Å². The van der Waals surface area contributed by atoms with Gasteiger partial charge in [-0.25, -0.2) is 4.98 Å². The van der Waals surface area contributed by atoms with Crippen molar-refractivity contribution in [1.29, 1.82) is 0 Å². The van der Waals surface area contributed by atoms with Crippen LogP contribution in [-0.2, 0) is 16.0 Å². The van der Waals surface area contributed by atoms with E-state index in [1.54, 1.807) is 6.20 Å². The van der Waals surface area contributed by atoms with Crippen molar-refractivity contribution in [2.45, 2.75) is 12.5 Å². The second kappa shape index (κ2) is 5.11. The summed E-state index contributed by atoms with van der Waals surface area (Å²) in [6, 6.07) is 3.18. The SMILES string of the molecule is COC(=O)C(N)Cc1cccn1-c1nccs1. The molecule has 2 aromatic rings. The fourth-order valence-electron chi connectivity index (χ4n) is 1.56. The van der Waals surface area contributed by atoms with Crippen molar-refractivity contribution >= 4 is 17.3 Å². The zero-order valence-corrected chi connectivity index (χ0v) is 10.2. The fraction of sp³-hybridized carbons (Fsp3) is 0.273. The van der Waals surface area contributed by atoms with E-state index in [0.29, 0.717) is 6.42 Å². The molecule has 0 aliphatic heterocycles. The number of hydrogen-bond donors (Lipinski definition) is 1. The summed E-state index contributed by atoms with van der Waals surface area (Å²) < 4.78 is 6.53. The number of aromatic nitrogens is 2. The number of rotatable bonds is 4. The van der Waals surface area contributed by atoms with Crippen LogP contribution in [0.4, 0.5) is 0 Å². The molecule has 0 fully saturated rings. The average Bonchev–Trinajstić information content (AvgIpc) is 2.97. The van der Waals surface area contributed by atoms with Gasteiger partial charge < -0.3 is 10.5 Å². The van der Waals surface area contributed by atoms with E-state index in [2.05, 4.69) is 9.72 Å². The molecular weight excluding hydrogens is 238 g/mol. The third-order valence-corrected chi connectivity index (χ3v) is 3.16. The number of nitrogens with zero attached hydrogens (tertiary/aromatic N) is 2. The number of nitrogens with two attached hydrogens (primary N) is 1. The number of methoxy groups -OCH3 is 1. The Morgan fingerprint density at radius 3 is 3.18 bits per heavy atom. The van der Waals surface area contributed by atoms with Crippen LogP contribution in [0.1, 0.15) is 5.69 Å². The molecule has 6 heteroatoms. The Bertz CT molecular complexity index is 493. The smallest absolute Gasteiger partial charge is 0.323 e. The standard InChI is InChI=1S/C11H13N3O2S/c1-16-10(15)9(12)7-8-3-2-5-14(8)11-13-4-6-17-11/h2-6,9H,7,12H2,1H3. The minimum absolute atomic E-state index is 0.406. The van der Waals surface area contributed by atoms with Crippen LogP contribution in [0.25, 0.3) is 5.13 Å². The monoisotopic (exact) mass is 251 g/mol. The predicted octanol–water partition coefficient (Wildman–Crippen LogP) is 0.977. The van der Waals surface area contributed by atoms with Gasteiger partial charge in [0.15, 0.2) is 5.13 Å². The van der Waals surface area contributed by atoms with Gasteiger partial charge in [-0.1, -0.05) is 0 Å². The lowest BCUT2D eigenvalue weighted by atomic mass is 10.2. The van der Waals surface area contributed by atoms with Crippen molar-refractivity contribution in [2.75, 3.05) is 7.11 Å². The highest BCUT2D eigenvalue weighted by molar-refractivity contribution is 7.12. The first-order chi connectivity index (χ1) is 8.22. The van der Waals surface area contributed by atoms with Crippen molar-refractivity contribution in [3.05, 3.63) is 35.6 Å². The molecule has 0 spiro atoms. The summed E-state index contributed by atoms with van der Waals surface area (Å²) in [4.78, 5) is 15.5. The highest BCUT2D eigenvalue weighted by atomic mass is 32.1. The van der Waals surface area contributed by atoms with E-state index in [9.17, 15) is 4.79 Å². The Labute approximate surface area is 103 Å². The zero-order chi connectivity index (χ0) is 12.3. The maximum atomic E-state index is 11.3. The minimum Gasteiger partial charge on any atom is -0.468 e. The topological polar surface area (TPSA) is 70.1 Å². The first kappa shape index (κ1) is 11.8. The Morgan fingerprint density at radius 2 is 2.53 bits per heavy atom. The summed E-state index contributed by atoms with van der Waals surface area (Å²) in [7, 11) is 1.34. The van der Waals surface area contributed by atoms with E-state index in [0.717, 1.165) is 10.8 Å². The molecule has 0 saturated heterocycles. The second-order valence-corrected chi connectivity index (χ2v) is 4.39. The van der Waals surface area contributed by atoms with E-state index in [1.807, 2.05) is 28.3 Å². The first-order valence-electron chi connectivity index (χ1n) is 5.12. The van der Waals surface area contributed by atoms with Crippen molar-refractivity contribution in [3.63, 3.8) is 0 Å². The number of thiazole rings is 1. The molecule has 1 atom stereocenters. The van der Waals surface area contributed by atoms with Crippen LogP contribution >= 0.6 is 11.3 Å². The molecule has 17 heavy (non-hydrogen) atoms. The second-order valence-electron chi connectivity index (χ2n) is 3.52. The Morgan fingerprint density at radius 1 is 1.71 bits per heavy atom. The maximum absolute atomic E-state index is 11.3. The number of carbonyl (C=O) groups is 1. The number of ether oxygens (including phenoxy) is 1. The lowest BCUT2D eigenvalue weighted by Gasteiger charge is -2.10. The highest BCUT2D eigenvalue weighted by Crippen LogP contribution is 2.16. The Balaban J connectivity index is 2.18. The summed E-state index contributed by atoms with van der Waals surface area (Å²) in [6.45, 7) is 0. The van der Waals surface area contributed by atoms with Gasteiger partial charge in [0.05, 0.1) is 7.11 Å². The molecule has 0 bridgehead atoms. The normalized spacial score (nSPS) is 12.4. The highest BCUT2D eigenvalue weighted by Gasteiger charge is 2.16. The van der Waals surface area contributed by atoms with Gasteiger partial charge in [-0.2, -0.15) is 0 Å². The molecule has 0 aliphatic carbocycles. The molecular formula is C11H13N3O2S. The molecule has 5 nitrogen and oxygen atoms in total. The Kier molecular flexibility index (Phi) is 3.55. The van der Waals surface area contributed by atoms with Crippen LogP contribution in [0, 0.1) is 0 Å². The summed E-state index contributed by atoms with van der Waals surface area (Å²) in [5, 5.41) is 2.77. The van der Waals surface area contributed by atoms with E-state index >= 15 is 0 Å². The average molecular weight is 251 g/mol. The molecule has 2 N–H and O–H groups in total. The van der Waals surface area contributed by atoms with Gasteiger partial charge in [-0.3, -0.25) is 9.36 Å². The first-order valence-corrected chi connectivity index (χ1v) is 6.00. The predicted molar refractivity (Wildman–Crippen MR) is 65.1 cm³/mol. The molecule has 2 aromatic heterocycles. The van der Waals surface area contributed by atoms with Gasteiger partial charge in [-0.05, 0) is 12.1 Å². The number of esters is 1. The van der Waals surface area contributed by atoms with E-state index in [1.165, 1.54) is 18.4 Å². The van der Waals surface area contributed by atoms with E-state index in [-0.39, 0.29) is 0 Å². The van der Waals surface area contributed by atoms with Crippen LogP contribution < -0.4 is 5.73 Å². The number of carbonyl (C=O) groups excluding carboxylic acids is 1. The molecule has 0 aromatic carbocycles. The largest absolute Gasteiger partial charge is 0.468 e. The summed E-state index contributed by atoms with van der Waals surface area (Å²) in [5.74, 6) is -0.406. The summed E-state index contributed by atoms with van der Waals surface area (Å²) in [5.41, 5.74) is 6.68. The number of hydrogen-bond acceptors (Lipinski definition) is 5. The fourth-order valence-corrected chi connectivity index (χ4v) is 2.22. The maximum Gasteiger partial charge on any atom is 0.323 e.